The Labute approximate surface area is 143 Å². The van der Waals surface area contributed by atoms with Crippen LogP contribution in [0.5, 0.6) is 5.75 Å². The molecule has 9 heteroatoms. The van der Waals surface area contributed by atoms with Crippen LogP contribution < -0.4 is 15.6 Å². The maximum atomic E-state index is 11.6. The lowest BCUT2D eigenvalue weighted by Crippen LogP contribution is -2.33. The van der Waals surface area contributed by atoms with Gasteiger partial charge in [0.25, 0.3) is 5.56 Å². The summed E-state index contributed by atoms with van der Waals surface area (Å²) in [5.74, 6) is 0.805. The third kappa shape index (κ3) is 3.49. The van der Waals surface area contributed by atoms with Gasteiger partial charge in [0, 0.05) is 18.0 Å². The number of nitrogens with one attached hydrogen (secondary N) is 1. The van der Waals surface area contributed by atoms with Gasteiger partial charge in [-0.25, -0.2) is 0 Å². The maximum absolute atomic E-state index is 11.6. The van der Waals surface area contributed by atoms with E-state index in [1.54, 1.807) is 31.4 Å². The Morgan fingerprint density at radius 3 is 2.56 bits per heavy atom. The van der Waals surface area contributed by atoms with E-state index in [9.17, 15) is 20.1 Å². The lowest BCUT2D eigenvalue weighted by Gasteiger charge is -2.21. The molecule has 1 aromatic carbocycles. The molecular weight excluding hydrogens is 330 g/mol. The molecule has 1 aliphatic rings. The summed E-state index contributed by atoms with van der Waals surface area (Å²) in [5.41, 5.74) is 0.165. The summed E-state index contributed by atoms with van der Waals surface area (Å²) in [7, 11) is 1.56. The molecule has 25 heavy (non-hydrogen) atoms. The minimum absolute atomic E-state index is 0.132. The van der Waals surface area contributed by atoms with Crippen molar-refractivity contribution in [1.82, 2.24) is 9.55 Å². The first kappa shape index (κ1) is 17.4. The molecule has 3 rings (SSSR count). The molecule has 2 aromatic rings. The number of aliphatic hydroxyl groups excluding tert-OH is 3. The Kier molecular flexibility index (Phi) is 5.00. The van der Waals surface area contributed by atoms with E-state index in [4.69, 9.17) is 9.47 Å². The summed E-state index contributed by atoms with van der Waals surface area (Å²) in [6.45, 7) is -0.441. The van der Waals surface area contributed by atoms with Gasteiger partial charge >= 0.3 is 0 Å². The molecule has 0 aliphatic carbocycles. The Balaban J connectivity index is 1.91. The van der Waals surface area contributed by atoms with Gasteiger partial charge in [-0.05, 0) is 24.3 Å². The molecule has 4 atom stereocenters. The fourth-order valence-electron chi connectivity index (χ4n) is 2.63. The first-order valence-electron chi connectivity index (χ1n) is 7.66. The molecule has 1 aromatic heterocycles. The van der Waals surface area contributed by atoms with Gasteiger partial charge in [-0.15, -0.1) is 0 Å². The number of nitrogens with zero attached hydrogens (tertiary/aromatic N) is 2. The number of hydrogen-bond acceptors (Lipinski definition) is 8. The number of rotatable bonds is 5. The molecule has 0 bridgehead atoms. The molecule has 0 amide bonds. The molecule has 1 fully saturated rings. The third-order valence-electron chi connectivity index (χ3n) is 3.98. The largest absolute Gasteiger partial charge is 0.497 e. The van der Waals surface area contributed by atoms with Crippen LogP contribution in [0.25, 0.3) is 0 Å². The van der Waals surface area contributed by atoms with Crippen molar-refractivity contribution in [3.8, 4) is 5.75 Å². The standard InChI is InChI=1S/C16H19N3O6/c1-24-10-4-2-9(3-5-10)17-16-18-12(21)6-7-19(16)15-14(23)13(22)11(8-20)25-15/h2-7,11,13-15,20,22-23H,8H2,1H3,(H,17,18,21)/t11-,13-,14-,15-/m1/s1. The van der Waals surface area contributed by atoms with Crippen molar-refractivity contribution in [2.24, 2.45) is 0 Å². The summed E-state index contributed by atoms with van der Waals surface area (Å²) in [6, 6.07) is 8.16. The quantitative estimate of drug-likeness (QED) is 0.575. The molecular formula is C16H19N3O6. The summed E-state index contributed by atoms with van der Waals surface area (Å²) in [4.78, 5) is 15.5. The minimum Gasteiger partial charge on any atom is -0.497 e. The van der Waals surface area contributed by atoms with Crippen molar-refractivity contribution in [1.29, 1.82) is 0 Å². The summed E-state index contributed by atoms with van der Waals surface area (Å²) >= 11 is 0. The molecule has 0 unspecified atom stereocenters. The van der Waals surface area contributed by atoms with Gasteiger partial charge in [0.15, 0.2) is 6.23 Å². The molecule has 134 valence electrons. The van der Waals surface area contributed by atoms with Crippen LogP contribution in [-0.4, -0.2) is 56.9 Å². The molecule has 0 radical (unpaired) electrons. The SMILES string of the molecule is COc1ccc(Nc2nc(=O)ccn2[C@@H]2O[C@H](CO)[C@@H](O)[C@H]2O)cc1. The second-order valence-corrected chi connectivity index (χ2v) is 5.58. The van der Waals surface area contributed by atoms with Crippen LogP contribution in [0.15, 0.2) is 41.3 Å². The lowest BCUT2D eigenvalue weighted by molar-refractivity contribution is -0.0523. The van der Waals surface area contributed by atoms with Crippen molar-refractivity contribution in [2.75, 3.05) is 19.0 Å². The number of ether oxygens (including phenoxy) is 2. The minimum atomic E-state index is -1.28. The van der Waals surface area contributed by atoms with Crippen molar-refractivity contribution in [3.05, 3.63) is 46.9 Å². The van der Waals surface area contributed by atoms with Crippen LogP contribution in [0.3, 0.4) is 0 Å². The van der Waals surface area contributed by atoms with E-state index >= 15 is 0 Å². The molecule has 4 N–H and O–H groups in total. The second kappa shape index (κ2) is 7.19. The topological polar surface area (TPSA) is 126 Å². The van der Waals surface area contributed by atoms with Crippen LogP contribution in [0.1, 0.15) is 6.23 Å². The van der Waals surface area contributed by atoms with Crippen molar-refractivity contribution < 1.29 is 24.8 Å². The van der Waals surface area contributed by atoms with Crippen LogP contribution in [-0.2, 0) is 4.74 Å². The molecule has 0 saturated carbocycles. The smallest absolute Gasteiger partial charge is 0.274 e. The number of benzene rings is 1. The third-order valence-corrected chi connectivity index (χ3v) is 3.98. The van der Waals surface area contributed by atoms with Gasteiger partial charge in [0.05, 0.1) is 13.7 Å². The molecule has 0 spiro atoms. The average Bonchev–Trinajstić information content (AvgIpc) is 2.91. The Morgan fingerprint density at radius 2 is 1.96 bits per heavy atom. The van der Waals surface area contributed by atoms with Crippen molar-refractivity contribution in [3.63, 3.8) is 0 Å². The van der Waals surface area contributed by atoms with Gasteiger partial charge in [-0.1, -0.05) is 0 Å². The number of anilines is 2. The highest BCUT2D eigenvalue weighted by Gasteiger charge is 2.43. The van der Waals surface area contributed by atoms with E-state index in [0.717, 1.165) is 0 Å². The highest BCUT2D eigenvalue weighted by Crippen LogP contribution is 2.31. The fourth-order valence-corrected chi connectivity index (χ4v) is 2.63. The van der Waals surface area contributed by atoms with E-state index in [1.165, 1.54) is 16.8 Å². The van der Waals surface area contributed by atoms with E-state index in [0.29, 0.717) is 11.4 Å². The van der Waals surface area contributed by atoms with Gasteiger partial charge in [-0.2, -0.15) is 4.98 Å². The first-order chi connectivity index (χ1) is 12.0. The van der Waals surface area contributed by atoms with Crippen LogP contribution >= 0.6 is 0 Å². The van der Waals surface area contributed by atoms with Crippen LogP contribution in [0.4, 0.5) is 11.6 Å². The predicted octanol–water partition coefficient (Wildman–Crippen LogP) is -0.393. The Morgan fingerprint density at radius 1 is 1.24 bits per heavy atom. The average molecular weight is 349 g/mol. The maximum Gasteiger partial charge on any atom is 0.274 e. The summed E-state index contributed by atoms with van der Waals surface area (Å²) < 4.78 is 12.0. The number of hydrogen-bond donors (Lipinski definition) is 4. The molecule has 9 nitrogen and oxygen atoms in total. The molecule has 1 aliphatic heterocycles. The van der Waals surface area contributed by atoms with E-state index < -0.39 is 36.7 Å². The number of aliphatic hydroxyl groups is 3. The van der Waals surface area contributed by atoms with Gasteiger partial charge in [0.1, 0.15) is 24.1 Å². The Hall–Kier alpha value is -2.46. The summed E-state index contributed by atoms with van der Waals surface area (Å²) in [5, 5.41) is 32.3. The second-order valence-electron chi connectivity index (χ2n) is 5.58. The molecule has 2 heterocycles. The van der Waals surface area contributed by atoms with E-state index in [2.05, 4.69) is 10.3 Å². The molecule has 1 saturated heterocycles. The number of methoxy groups -OCH3 is 1. The zero-order valence-corrected chi connectivity index (χ0v) is 13.4. The zero-order chi connectivity index (χ0) is 18.0. The van der Waals surface area contributed by atoms with Crippen LogP contribution in [0, 0.1) is 0 Å². The Bertz CT molecular complexity index is 778. The first-order valence-corrected chi connectivity index (χ1v) is 7.66. The summed E-state index contributed by atoms with van der Waals surface area (Å²) in [6.07, 6.45) is -3.04. The predicted molar refractivity (Wildman–Crippen MR) is 87.8 cm³/mol. The monoisotopic (exact) mass is 349 g/mol. The van der Waals surface area contributed by atoms with Gasteiger partial charge in [0.2, 0.25) is 5.95 Å². The van der Waals surface area contributed by atoms with Gasteiger partial charge in [-0.3, -0.25) is 9.36 Å². The normalized spacial score (nSPS) is 25.8. The fraction of sp³-hybridized carbons (Fsp3) is 0.375. The highest BCUT2D eigenvalue weighted by atomic mass is 16.6. The van der Waals surface area contributed by atoms with Gasteiger partial charge < -0.3 is 30.1 Å². The van der Waals surface area contributed by atoms with Crippen LogP contribution in [0.2, 0.25) is 0 Å². The zero-order valence-electron chi connectivity index (χ0n) is 13.4. The van der Waals surface area contributed by atoms with E-state index in [-0.39, 0.29) is 5.95 Å². The van der Waals surface area contributed by atoms with Crippen molar-refractivity contribution in [2.45, 2.75) is 24.5 Å². The van der Waals surface area contributed by atoms with Crippen molar-refractivity contribution >= 4 is 11.6 Å². The highest BCUT2D eigenvalue weighted by molar-refractivity contribution is 5.54. The van der Waals surface area contributed by atoms with E-state index in [1.807, 2.05) is 0 Å². The number of aromatic nitrogens is 2. The lowest BCUT2D eigenvalue weighted by atomic mass is 10.1.